The molecule has 0 bridgehead atoms. The molecule has 0 saturated carbocycles. The molecule has 0 spiro atoms. The number of aromatic carboxylic acids is 1. The topological polar surface area (TPSA) is 64.4 Å². The number of thiophene rings is 1. The Bertz CT molecular complexity index is 601. The first-order valence-electron chi connectivity index (χ1n) is 5.89. The lowest BCUT2D eigenvalue weighted by Gasteiger charge is -2.03. The van der Waals surface area contributed by atoms with E-state index >= 15 is 0 Å². The van der Waals surface area contributed by atoms with Gasteiger partial charge in [0.1, 0.15) is 4.88 Å². The third kappa shape index (κ3) is 2.69. The summed E-state index contributed by atoms with van der Waals surface area (Å²) in [5, 5.41) is 15.3. The highest BCUT2D eigenvalue weighted by Crippen LogP contribution is 2.30. The molecule has 0 saturated heterocycles. The van der Waals surface area contributed by atoms with Gasteiger partial charge < -0.3 is 9.84 Å². The first-order valence-corrected chi connectivity index (χ1v) is 6.77. The molecule has 0 aliphatic heterocycles. The van der Waals surface area contributed by atoms with Gasteiger partial charge in [0.25, 0.3) is 0 Å². The lowest BCUT2D eigenvalue weighted by molar-refractivity contribution is 0.0702. The van der Waals surface area contributed by atoms with Crippen molar-refractivity contribution in [2.75, 3.05) is 13.7 Å². The van der Waals surface area contributed by atoms with Gasteiger partial charge >= 0.3 is 5.97 Å². The molecule has 2 rings (SSSR count). The van der Waals surface area contributed by atoms with Crippen LogP contribution in [0.15, 0.2) is 11.4 Å². The van der Waals surface area contributed by atoms with Crippen molar-refractivity contribution in [1.82, 2.24) is 9.78 Å². The normalized spacial score (nSPS) is 10.9. The summed E-state index contributed by atoms with van der Waals surface area (Å²) in [5.74, 6) is -0.890. The van der Waals surface area contributed by atoms with Gasteiger partial charge in [-0.1, -0.05) is 0 Å². The van der Waals surface area contributed by atoms with Crippen LogP contribution in [0.3, 0.4) is 0 Å². The number of hydrogen-bond acceptors (Lipinski definition) is 4. The maximum Gasteiger partial charge on any atom is 0.345 e. The summed E-state index contributed by atoms with van der Waals surface area (Å²) in [6.07, 6.45) is 0. The van der Waals surface area contributed by atoms with Crippen molar-refractivity contribution in [2.45, 2.75) is 20.4 Å². The van der Waals surface area contributed by atoms with E-state index in [1.54, 1.807) is 13.2 Å². The van der Waals surface area contributed by atoms with Gasteiger partial charge in [-0.2, -0.15) is 5.10 Å². The number of carbonyl (C=O) groups is 1. The van der Waals surface area contributed by atoms with Crippen LogP contribution >= 0.6 is 11.3 Å². The zero-order valence-electron chi connectivity index (χ0n) is 11.1. The van der Waals surface area contributed by atoms with Gasteiger partial charge in [0.05, 0.1) is 18.8 Å². The monoisotopic (exact) mass is 280 g/mol. The molecular formula is C13H16N2O3S. The van der Waals surface area contributed by atoms with Gasteiger partial charge in [-0.25, -0.2) is 4.79 Å². The summed E-state index contributed by atoms with van der Waals surface area (Å²) >= 11 is 1.24. The molecule has 0 amide bonds. The fourth-order valence-electron chi connectivity index (χ4n) is 2.09. The Hall–Kier alpha value is -1.66. The van der Waals surface area contributed by atoms with Crippen molar-refractivity contribution in [3.63, 3.8) is 0 Å². The zero-order valence-corrected chi connectivity index (χ0v) is 12.0. The van der Waals surface area contributed by atoms with Crippen LogP contribution in [0.4, 0.5) is 0 Å². The minimum absolute atomic E-state index is 0.346. The molecule has 0 fully saturated rings. The van der Waals surface area contributed by atoms with Crippen LogP contribution in [0.5, 0.6) is 0 Å². The summed E-state index contributed by atoms with van der Waals surface area (Å²) in [6.45, 7) is 5.22. The summed E-state index contributed by atoms with van der Waals surface area (Å²) in [4.78, 5) is 11.3. The van der Waals surface area contributed by atoms with Gasteiger partial charge in [0.2, 0.25) is 0 Å². The Labute approximate surface area is 115 Å². The van der Waals surface area contributed by atoms with E-state index in [2.05, 4.69) is 5.10 Å². The standard InChI is InChI=1S/C13H16N2O3S/c1-8-12(9(2)15(14-8)4-5-18-3)10-6-11(13(16)17)19-7-10/h6-7H,4-5H2,1-3H3,(H,16,17). The van der Waals surface area contributed by atoms with Crippen molar-refractivity contribution in [3.8, 4) is 11.1 Å². The van der Waals surface area contributed by atoms with Crippen LogP contribution in [0.25, 0.3) is 11.1 Å². The largest absolute Gasteiger partial charge is 0.477 e. The maximum atomic E-state index is 10.9. The van der Waals surface area contributed by atoms with E-state index in [1.807, 2.05) is 23.9 Å². The first kappa shape index (κ1) is 13.8. The zero-order chi connectivity index (χ0) is 14.0. The van der Waals surface area contributed by atoms with Crippen LogP contribution in [-0.2, 0) is 11.3 Å². The molecule has 19 heavy (non-hydrogen) atoms. The molecule has 0 aromatic carbocycles. The highest BCUT2D eigenvalue weighted by Gasteiger charge is 2.16. The van der Waals surface area contributed by atoms with E-state index in [4.69, 9.17) is 9.84 Å². The second-order valence-electron chi connectivity index (χ2n) is 4.27. The molecule has 0 unspecified atom stereocenters. The number of hydrogen-bond donors (Lipinski definition) is 1. The summed E-state index contributed by atoms with van der Waals surface area (Å²) in [7, 11) is 1.66. The number of rotatable bonds is 5. The highest BCUT2D eigenvalue weighted by molar-refractivity contribution is 7.12. The minimum Gasteiger partial charge on any atom is -0.477 e. The number of methoxy groups -OCH3 is 1. The third-order valence-electron chi connectivity index (χ3n) is 2.99. The van der Waals surface area contributed by atoms with E-state index in [0.717, 1.165) is 22.5 Å². The fraction of sp³-hybridized carbons (Fsp3) is 0.385. The summed E-state index contributed by atoms with van der Waals surface area (Å²) in [5.41, 5.74) is 3.87. The molecule has 2 aromatic rings. The molecule has 0 atom stereocenters. The molecule has 102 valence electrons. The molecular weight excluding hydrogens is 264 g/mol. The predicted octanol–water partition coefficient (Wildman–Crippen LogP) is 2.57. The van der Waals surface area contributed by atoms with Crippen molar-refractivity contribution in [1.29, 1.82) is 0 Å². The molecule has 0 aliphatic rings. The molecule has 0 radical (unpaired) electrons. The second kappa shape index (κ2) is 5.54. The van der Waals surface area contributed by atoms with E-state index in [-0.39, 0.29) is 0 Å². The smallest absolute Gasteiger partial charge is 0.345 e. The number of carboxylic acids is 1. The van der Waals surface area contributed by atoms with Gasteiger partial charge in [0, 0.05) is 18.4 Å². The van der Waals surface area contributed by atoms with E-state index in [0.29, 0.717) is 18.0 Å². The maximum absolute atomic E-state index is 10.9. The quantitative estimate of drug-likeness (QED) is 0.914. The molecule has 2 aromatic heterocycles. The molecule has 0 aliphatic carbocycles. The summed E-state index contributed by atoms with van der Waals surface area (Å²) < 4.78 is 6.95. The molecule has 5 nitrogen and oxygen atoms in total. The number of nitrogens with zero attached hydrogens (tertiary/aromatic N) is 2. The Balaban J connectivity index is 2.38. The Kier molecular flexibility index (Phi) is 4.01. The van der Waals surface area contributed by atoms with Gasteiger partial charge in [0.15, 0.2) is 0 Å². The minimum atomic E-state index is -0.890. The lowest BCUT2D eigenvalue weighted by Crippen LogP contribution is -2.07. The van der Waals surface area contributed by atoms with Crippen LogP contribution < -0.4 is 0 Å². The van der Waals surface area contributed by atoms with Crippen molar-refractivity contribution < 1.29 is 14.6 Å². The fourth-order valence-corrected chi connectivity index (χ4v) is 2.83. The number of aromatic nitrogens is 2. The van der Waals surface area contributed by atoms with Gasteiger partial charge in [-0.05, 0) is 30.9 Å². The van der Waals surface area contributed by atoms with E-state index in [1.165, 1.54) is 11.3 Å². The second-order valence-corrected chi connectivity index (χ2v) is 5.18. The molecule has 6 heteroatoms. The average molecular weight is 280 g/mol. The van der Waals surface area contributed by atoms with Crippen molar-refractivity contribution in [3.05, 3.63) is 27.7 Å². The van der Waals surface area contributed by atoms with Gasteiger partial charge in [-0.15, -0.1) is 11.3 Å². The van der Waals surface area contributed by atoms with Crippen LogP contribution in [0.1, 0.15) is 21.1 Å². The average Bonchev–Trinajstić information content (AvgIpc) is 2.92. The molecule has 2 heterocycles. The number of carboxylic acid groups (broad SMARTS) is 1. The van der Waals surface area contributed by atoms with E-state index < -0.39 is 5.97 Å². The lowest BCUT2D eigenvalue weighted by atomic mass is 10.1. The number of ether oxygens (including phenoxy) is 1. The first-order chi connectivity index (χ1) is 9.04. The Morgan fingerprint density at radius 1 is 1.53 bits per heavy atom. The van der Waals surface area contributed by atoms with Crippen molar-refractivity contribution in [2.24, 2.45) is 0 Å². The molecule has 1 N–H and O–H groups in total. The van der Waals surface area contributed by atoms with Gasteiger partial charge in [-0.3, -0.25) is 4.68 Å². The third-order valence-corrected chi connectivity index (χ3v) is 3.91. The summed E-state index contributed by atoms with van der Waals surface area (Å²) in [6, 6.07) is 1.70. The van der Waals surface area contributed by atoms with E-state index in [9.17, 15) is 4.79 Å². The number of aryl methyl sites for hydroxylation is 1. The van der Waals surface area contributed by atoms with Crippen LogP contribution in [0, 0.1) is 13.8 Å². The van der Waals surface area contributed by atoms with Crippen LogP contribution in [-0.4, -0.2) is 34.6 Å². The highest BCUT2D eigenvalue weighted by atomic mass is 32.1. The Morgan fingerprint density at radius 3 is 2.84 bits per heavy atom. The Morgan fingerprint density at radius 2 is 2.26 bits per heavy atom. The SMILES string of the molecule is COCCn1nc(C)c(-c2csc(C(=O)O)c2)c1C. The predicted molar refractivity (Wildman–Crippen MR) is 73.8 cm³/mol. The van der Waals surface area contributed by atoms with Crippen molar-refractivity contribution >= 4 is 17.3 Å². The van der Waals surface area contributed by atoms with Crippen LogP contribution in [0.2, 0.25) is 0 Å².